The lowest BCUT2D eigenvalue weighted by molar-refractivity contribution is 1.18. The van der Waals surface area contributed by atoms with E-state index in [1.807, 2.05) is 36.4 Å². The van der Waals surface area contributed by atoms with Crippen LogP contribution >= 0.6 is 0 Å². The zero-order valence-corrected chi connectivity index (χ0v) is 28.4. The molecule has 0 bridgehead atoms. The molecule has 10 aromatic rings. The molecule has 52 heavy (non-hydrogen) atoms. The summed E-state index contributed by atoms with van der Waals surface area (Å²) in [7, 11) is 0. The van der Waals surface area contributed by atoms with Crippen LogP contribution in [0.1, 0.15) is 0 Å². The molecule has 0 fully saturated rings. The minimum Gasteiger partial charge on any atom is -0.228 e. The van der Waals surface area contributed by atoms with Gasteiger partial charge in [0.25, 0.3) is 0 Å². The summed E-state index contributed by atoms with van der Waals surface area (Å²) in [6, 6.07) is 69.4. The highest BCUT2D eigenvalue weighted by atomic mass is 14.9. The highest BCUT2D eigenvalue weighted by molar-refractivity contribution is 6.20. The van der Waals surface area contributed by atoms with Crippen molar-refractivity contribution in [3.8, 4) is 56.2 Å². The topological polar surface area (TPSA) is 25.8 Å². The summed E-state index contributed by atoms with van der Waals surface area (Å²) in [5.74, 6) is 0.722. The average Bonchev–Trinajstić information content (AvgIpc) is 3.23. The zero-order chi connectivity index (χ0) is 34.4. The third-order valence-corrected chi connectivity index (χ3v) is 10.2. The second kappa shape index (κ2) is 12.5. The zero-order valence-electron chi connectivity index (χ0n) is 28.4. The lowest BCUT2D eigenvalue weighted by Crippen LogP contribution is -1.95. The second-order valence-corrected chi connectivity index (χ2v) is 13.4. The number of hydrogen-bond acceptors (Lipinski definition) is 2. The van der Waals surface area contributed by atoms with E-state index in [1.54, 1.807) is 0 Å². The molecule has 242 valence electrons. The van der Waals surface area contributed by atoms with Crippen LogP contribution in [0, 0.1) is 0 Å². The molecule has 2 heteroatoms. The molecule has 1 aromatic heterocycles. The molecule has 0 spiro atoms. The van der Waals surface area contributed by atoms with Crippen LogP contribution in [0.5, 0.6) is 0 Å². The lowest BCUT2D eigenvalue weighted by atomic mass is 9.89. The van der Waals surface area contributed by atoms with E-state index in [4.69, 9.17) is 9.97 Å². The van der Waals surface area contributed by atoms with E-state index in [1.165, 1.54) is 65.3 Å². The highest BCUT2D eigenvalue weighted by Crippen LogP contribution is 2.40. The van der Waals surface area contributed by atoms with Gasteiger partial charge in [-0.1, -0.05) is 170 Å². The molecular formula is C50H32N2. The number of hydrogen-bond donors (Lipinski definition) is 0. The van der Waals surface area contributed by atoms with Crippen LogP contribution in [0.25, 0.3) is 99.2 Å². The molecule has 0 aliphatic carbocycles. The molecular weight excluding hydrogens is 629 g/mol. The van der Waals surface area contributed by atoms with E-state index in [0.29, 0.717) is 0 Å². The smallest absolute Gasteiger partial charge is 0.160 e. The van der Waals surface area contributed by atoms with Crippen LogP contribution in [-0.2, 0) is 0 Å². The highest BCUT2D eigenvalue weighted by Gasteiger charge is 2.14. The van der Waals surface area contributed by atoms with Gasteiger partial charge in [-0.05, 0) is 89.6 Å². The third kappa shape index (κ3) is 5.30. The van der Waals surface area contributed by atoms with Gasteiger partial charge in [-0.15, -0.1) is 0 Å². The summed E-state index contributed by atoms with van der Waals surface area (Å²) in [6.07, 6.45) is 0. The maximum absolute atomic E-state index is 5.02. The van der Waals surface area contributed by atoms with Crippen molar-refractivity contribution in [2.24, 2.45) is 0 Å². The van der Waals surface area contributed by atoms with Crippen LogP contribution in [-0.4, -0.2) is 9.97 Å². The maximum Gasteiger partial charge on any atom is 0.160 e. The molecule has 0 saturated heterocycles. The minimum atomic E-state index is 0.722. The molecule has 0 N–H and O–H groups in total. The molecule has 1 heterocycles. The summed E-state index contributed by atoms with van der Waals surface area (Å²) in [5, 5.41) is 10.1. The Balaban J connectivity index is 1.02. The first kappa shape index (κ1) is 30.0. The van der Waals surface area contributed by atoms with Crippen molar-refractivity contribution >= 4 is 43.1 Å². The van der Waals surface area contributed by atoms with E-state index in [2.05, 4.69) is 158 Å². The summed E-state index contributed by atoms with van der Waals surface area (Å²) in [5.41, 5.74) is 9.81. The summed E-state index contributed by atoms with van der Waals surface area (Å²) in [4.78, 5) is 9.97. The Kier molecular flexibility index (Phi) is 7.18. The van der Waals surface area contributed by atoms with Crippen molar-refractivity contribution in [2.45, 2.75) is 0 Å². The first-order chi connectivity index (χ1) is 25.7. The number of fused-ring (bicyclic) bond motifs is 5. The fourth-order valence-corrected chi connectivity index (χ4v) is 7.61. The van der Waals surface area contributed by atoms with Crippen molar-refractivity contribution < 1.29 is 0 Å². The van der Waals surface area contributed by atoms with Crippen LogP contribution in [0.4, 0.5) is 0 Å². The fourth-order valence-electron chi connectivity index (χ4n) is 7.61. The molecule has 0 saturated carbocycles. The Morgan fingerprint density at radius 1 is 0.250 bits per heavy atom. The first-order valence-corrected chi connectivity index (χ1v) is 17.7. The first-order valence-electron chi connectivity index (χ1n) is 17.7. The van der Waals surface area contributed by atoms with Crippen LogP contribution < -0.4 is 0 Å². The Labute approximate surface area is 302 Å². The van der Waals surface area contributed by atoms with Gasteiger partial charge in [-0.3, -0.25) is 0 Å². The maximum atomic E-state index is 5.02. The molecule has 10 rings (SSSR count). The normalized spacial score (nSPS) is 11.5. The van der Waals surface area contributed by atoms with Gasteiger partial charge in [-0.25, -0.2) is 9.97 Å². The lowest BCUT2D eigenvalue weighted by Gasteiger charge is -2.15. The van der Waals surface area contributed by atoms with Gasteiger partial charge >= 0.3 is 0 Å². The Morgan fingerprint density at radius 3 is 1.50 bits per heavy atom. The fraction of sp³-hybridized carbons (Fsp3) is 0. The Hall–Kier alpha value is -6.90. The third-order valence-electron chi connectivity index (χ3n) is 10.2. The van der Waals surface area contributed by atoms with Crippen molar-refractivity contribution in [2.75, 3.05) is 0 Å². The summed E-state index contributed by atoms with van der Waals surface area (Å²) >= 11 is 0. The monoisotopic (exact) mass is 660 g/mol. The summed E-state index contributed by atoms with van der Waals surface area (Å²) in [6.45, 7) is 0. The second-order valence-electron chi connectivity index (χ2n) is 13.4. The summed E-state index contributed by atoms with van der Waals surface area (Å²) < 4.78 is 0. The van der Waals surface area contributed by atoms with E-state index in [0.717, 1.165) is 33.9 Å². The van der Waals surface area contributed by atoms with Gasteiger partial charge in [0.05, 0.1) is 11.4 Å². The molecule has 2 nitrogen and oxygen atoms in total. The number of aromatic nitrogens is 2. The van der Waals surface area contributed by atoms with Crippen molar-refractivity contribution in [1.29, 1.82) is 0 Å². The van der Waals surface area contributed by atoms with Crippen LogP contribution in [0.2, 0.25) is 0 Å². The van der Waals surface area contributed by atoms with Gasteiger partial charge in [0.2, 0.25) is 0 Å². The minimum absolute atomic E-state index is 0.722. The van der Waals surface area contributed by atoms with E-state index >= 15 is 0 Å². The van der Waals surface area contributed by atoms with Crippen molar-refractivity contribution in [3.63, 3.8) is 0 Å². The average molecular weight is 661 g/mol. The van der Waals surface area contributed by atoms with Gasteiger partial charge < -0.3 is 0 Å². The Bertz CT molecular complexity index is 2870. The van der Waals surface area contributed by atoms with Crippen molar-refractivity contribution in [1.82, 2.24) is 9.97 Å². The standard InChI is InChI=1S/C50H32N2/c1-3-12-35(13-4-1)47-32-48(52-50(51-47)37-14-5-2-6-15-37)36-21-19-33(20-22-36)38-23-24-40-30-42(26-25-39(40)29-38)49-44-18-10-8-16-41(44)31-46-43-17-9-7-11-34(43)27-28-45(46)49/h1-32H. The van der Waals surface area contributed by atoms with E-state index in [-0.39, 0.29) is 0 Å². The van der Waals surface area contributed by atoms with E-state index in [9.17, 15) is 0 Å². The molecule has 0 radical (unpaired) electrons. The molecule has 0 atom stereocenters. The predicted octanol–water partition coefficient (Wildman–Crippen LogP) is 13.4. The number of rotatable bonds is 5. The largest absolute Gasteiger partial charge is 0.228 e. The van der Waals surface area contributed by atoms with E-state index < -0.39 is 0 Å². The van der Waals surface area contributed by atoms with Crippen molar-refractivity contribution in [3.05, 3.63) is 194 Å². The molecule has 0 amide bonds. The molecule has 0 unspecified atom stereocenters. The number of benzene rings is 9. The van der Waals surface area contributed by atoms with Crippen LogP contribution in [0.3, 0.4) is 0 Å². The van der Waals surface area contributed by atoms with Gasteiger partial charge in [0, 0.05) is 16.7 Å². The Morgan fingerprint density at radius 2 is 0.769 bits per heavy atom. The SMILES string of the molecule is c1ccc(-c2cc(-c3ccc(-c4ccc5cc(-c6c7ccccc7cc7c6ccc6ccccc67)ccc5c4)cc3)nc(-c3ccccc3)n2)cc1. The number of nitrogens with zero attached hydrogens (tertiary/aromatic N) is 2. The molecule has 0 aliphatic heterocycles. The van der Waals surface area contributed by atoms with Gasteiger partial charge in [-0.2, -0.15) is 0 Å². The van der Waals surface area contributed by atoms with Gasteiger partial charge in [0.15, 0.2) is 5.82 Å². The quantitative estimate of drug-likeness (QED) is 0.136. The molecule has 9 aromatic carbocycles. The van der Waals surface area contributed by atoms with Gasteiger partial charge in [0.1, 0.15) is 0 Å². The molecule has 0 aliphatic rings. The van der Waals surface area contributed by atoms with Crippen LogP contribution in [0.15, 0.2) is 194 Å². The predicted molar refractivity (Wildman–Crippen MR) is 219 cm³/mol.